The lowest BCUT2D eigenvalue weighted by Gasteiger charge is -2.15. The molecule has 1 heterocycles. The van der Waals surface area contributed by atoms with E-state index in [2.05, 4.69) is 30.6 Å². The van der Waals surface area contributed by atoms with Gasteiger partial charge in [-0.15, -0.1) is 11.3 Å². The highest BCUT2D eigenvalue weighted by Gasteiger charge is 2.09. The number of thiophene rings is 1. The molecule has 3 nitrogen and oxygen atoms in total. The van der Waals surface area contributed by atoms with Crippen molar-refractivity contribution in [2.75, 3.05) is 6.54 Å². The van der Waals surface area contributed by atoms with E-state index < -0.39 is 0 Å². The minimum atomic E-state index is 0.0521. The number of amides is 1. The van der Waals surface area contributed by atoms with Gasteiger partial charge in [0.05, 0.1) is 0 Å². The molecule has 0 aromatic carbocycles. The second-order valence-corrected chi connectivity index (χ2v) is 5.68. The van der Waals surface area contributed by atoms with Crippen LogP contribution in [0.4, 0.5) is 0 Å². The van der Waals surface area contributed by atoms with E-state index in [9.17, 15) is 4.79 Å². The highest BCUT2D eigenvalue weighted by atomic mass is 32.1. The van der Waals surface area contributed by atoms with Crippen molar-refractivity contribution in [3.05, 3.63) is 22.4 Å². The lowest BCUT2D eigenvalue weighted by molar-refractivity contribution is -0.121. The standard InChI is InChI=1S/C13H22N2OS/c1-10(2)12(14)9-15-13(16)7-3-5-11-6-4-8-17-11/h4,6,8,10,12H,3,5,7,9,14H2,1-2H3,(H,15,16). The summed E-state index contributed by atoms with van der Waals surface area (Å²) in [7, 11) is 0. The Morgan fingerprint density at radius 1 is 1.53 bits per heavy atom. The summed E-state index contributed by atoms with van der Waals surface area (Å²) < 4.78 is 0. The molecule has 0 aliphatic rings. The molecule has 1 rings (SSSR count). The first-order valence-corrected chi connectivity index (χ1v) is 7.02. The van der Waals surface area contributed by atoms with Crippen LogP contribution in [0.3, 0.4) is 0 Å². The Hall–Kier alpha value is -0.870. The molecular formula is C13H22N2OS. The summed E-state index contributed by atoms with van der Waals surface area (Å²) >= 11 is 1.75. The second-order valence-electron chi connectivity index (χ2n) is 4.64. The van der Waals surface area contributed by atoms with Gasteiger partial charge in [0.25, 0.3) is 0 Å². The van der Waals surface area contributed by atoms with Crippen molar-refractivity contribution in [1.29, 1.82) is 0 Å². The average molecular weight is 254 g/mol. The third-order valence-electron chi connectivity index (χ3n) is 2.80. The number of hydrogen-bond acceptors (Lipinski definition) is 3. The number of carbonyl (C=O) groups excluding carboxylic acids is 1. The summed E-state index contributed by atoms with van der Waals surface area (Å²) in [6.07, 6.45) is 2.48. The maximum Gasteiger partial charge on any atom is 0.220 e. The van der Waals surface area contributed by atoms with Gasteiger partial charge < -0.3 is 11.1 Å². The number of rotatable bonds is 7. The molecule has 0 saturated heterocycles. The van der Waals surface area contributed by atoms with Gasteiger partial charge >= 0.3 is 0 Å². The molecule has 0 aliphatic heterocycles. The molecule has 0 saturated carbocycles. The van der Waals surface area contributed by atoms with Crippen LogP contribution in [0.5, 0.6) is 0 Å². The molecule has 96 valence electrons. The molecule has 3 N–H and O–H groups in total. The number of aryl methyl sites for hydroxylation is 1. The highest BCUT2D eigenvalue weighted by molar-refractivity contribution is 7.09. The molecule has 1 amide bonds. The lowest BCUT2D eigenvalue weighted by atomic mass is 10.1. The van der Waals surface area contributed by atoms with Crippen molar-refractivity contribution in [3.8, 4) is 0 Å². The van der Waals surface area contributed by atoms with Crippen molar-refractivity contribution in [1.82, 2.24) is 5.32 Å². The van der Waals surface area contributed by atoms with Crippen LogP contribution in [0, 0.1) is 5.92 Å². The normalized spacial score (nSPS) is 12.7. The van der Waals surface area contributed by atoms with Crippen LogP contribution in [-0.2, 0) is 11.2 Å². The Bertz CT molecular complexity index is 322. The fourth-order valence-electron chi connectivity index (χ4n) is 1.43. The monoisotopic (exact) mass is 254 g/mol. The predicted molar refractivity (Wildman–Crippen MR) is 73.1 cm³/mol. The number of nitrogens with one attached hydrogen (secondary N) is 1. The van der Waals surface area contributed by atoms with E-state index in [0.29, 0.717) is 18.9 Å². The number of carbonyl (C=O) groups is 1. The zero-order chi connectivity index (χ0) is 12.7. The van der Waals surface area contributed by atoms with Crippen molar-refractivity contribution >= 4 is 17.2 Å². The van der Waals surface area contributed by atoms with Crippen LogP contribution in [0.2, 0.25) is 0 Å². The van der Waals surface area contributed by atoms with E-state index in [4.69, 9.17) is 5.73 Å². The zero-order valence-electron chi connectivity index (χ0n) is 10.6. The number of hydrogen-bond donors (Lipinski definition) is 2. The summed E-state index contributed by atoms with van der Waals surface area (Å²) in [6.45, 7) is 4.71. The van der Waals surface area contributed by atoms with Gasteiger partial charge in [0, 0.05) is 23.9 Å². The molecule has 0 fully saturated rings. The van der Waals surface area contributed by atoms with Gasteiger partial charge in [0.15, 0.2) is 0 Å². The van der Waals surface area contributed by atoms with Gasteiger partial charge in [-0.2, -0.15) is 0 Å². The molecule has 0 bridgehead atoms. The van der Waals surface area contributed by atoms with Gasteiger partial charge in [-0.3, -0.25) is 4.79 Å². The fourth-order valence-corrected chi connectivity index (χ4v) is 2.19. The average Bonchev–Trinajstić information content (AvgIpc) is 2.78. The third kappa shape index (κ3) is 5.84. The van der Waals surface area contributed by atoms with E-state index in [0.717, 1.165) is 12.8 Å². The summed E-state index contributed by atoms with van der Waals surface area (Å²) in [4.78, 5) is 12.9. The topological polar surface area (TPSA) is 55.1 Å². The fraction of sp³-hybridized carbons (Fsp3) is 0.615. The molecular weight excluding hydrogens is 232 g/mol. The van der Waals surface area contributed by atoms with E-state index in [1.54, 1.807) is 11.3 Å². The molecule has 0 spiro atoms. The van der Waals surface area contributed by atoms with Crippen LogP contribution in [0.15, 0.2) is 17.5 Å². The first kappa shape index (κ1) is 14.2. The molecule has 0 radical (unpaired) electrons. The largest absolute Gasteiger partial charge is 0.355 e. The van der Waals surface area contributed by atoms with E-state index in [1.807, 2.05) is 6.07 Å². The predicted octanol–water partition coefficient (Wildman–Crippen LogP) is 2.17. The Morgan fingerprint density at radius 2 is 2.29 bits per heavy atom. The first-order valence-electron chi connectivity index (χ1n) is 6.14. The quantitative estimate of drug-likeness (QED) is 0.783. The second kappa shape index (κ2) is 7.45. The van der Waals surface area contributed by atoms with E-state index >= 15 is 0 Å². The molecule has 17 heavy (non-hydrogen) atoms. The number of nitrogens with two attached hydrogens (primary N) is 1. The smallest absolute Gasteiger partial charge is 0.220 e. The van der Waals surface area contributed by atoms with Gasteiger partial charge in [0.2, 0.25) is 5.91 Å². The van der Waals surface area contributed by atoms with Crippen molar-refractivity contribution in [2.24, 2.45) is 11.7 Å². The molecule has 0 aliphatic carbocycles. The SMILES string of the molecule is CC(C)C(N)CNC(=O)CCCc1cccs1. The summed E-state index contributed by atoms with van der Waals surface area (Å²) in [6, 6.07) is 4.20. The minimum Gasteiger partial charge on any atom is -0.355 e. The third-order valence-corrected chi connectivity index (χ3v) is 3.73. The van der Waals surface area contributed by atoms with Gasteiger partial charge in [-0.05, 0) is 30.2 Å². The molecule has 1 atom stereocenters. The van der Waals surface area contributed by atoms with Crippen LogP contribution < -0.4 is 11.1 Å². The van der Waals surface area contributed by atoms with Crippen LogP contribution in [0.25, 0.3) is 0 Å². The Balaban J connectivity index is 2.09. The zero-order valence-corrected chi connectivity index (χ0v) is 11.4. The van der Waals surface area contributed by atoms with Crippen molar-refractivity contribution < 1.29 is 4.79 Å². The first-order chi connectivity index (χ1) is 8.09. The molecule has 1 aromatic heterocycles. The van der Waals surface area contributed by atoms with Gasteiger partial charge in [-0.25, -0.2) is 0 Å². The van der Waals surface area contributed by atoms with Gasteiger partial charge in [0.1, 0.15) is 0 Å². The summed E-state index contributed by atoms with van der Waals surface area (Å²) in [5.74, 6) is 0.513. The van der Waals surface area contributed by atoms with Crippen LogP contribution in [0.1, 0.15) is 31.6 Å². The van der Waals surface area contributed by atoms with Crippen LogP contribution in [-0.4, -0.2) is 18.5 Å². The summed E-state index contributed by atoms with van der Waals surface area (Å²) in [5, 5.41) is 4.95. The van der Waals surface area contributed by atoms with E-state index in [-0.39, 0.29) is 11.9 Å². The summed E-state index contributed by atoms with van der Waals surface area (Å²) in [5.41, 5.74) is 5.86. The molecule has 1 aromatic rings. The van der Waals surface area contributed by atoms with Crippen LogP contribution >= 0.6 is 11.3 Å². The Kier molecular flexibility index (Phi) is 6.22. The van der Waals surface area contributed by atoms with E-state index in [1.165, 1.54) is 4.88 Å². The maximum atomic E-state index is 11.5. The highest BCUT2D eigenvalue weighted by Crippen LogP contribution is 2.11. The maximum absolute atomic E-state index is 11.5. The van der Waals surface area contributed by atoms with Crippen molar-refractivity contribution in [2.45, 2.75) is 39.2 Å². The Labute approximate surface area is 107 Å². The molecule has 1 unspecified atom stereocenters. The van der Waals surface area contributed by atoms with Crippen molar-refractivity contribution in [3.63, 3.8) is 0 Å². The lowest BCUT2D eigenvalue weighted by Crippen LogP contribution is -2.40. The minimum absolute atomic E-state index is 0.0521. The van der Waals surface area contributed by atoms with Gasteiger partial charge in [-0.1, -0.05) is 19.9 Å². The molecule has 4 heteroatoms. The Morgan fingerprint density at radius 3 is 2.88 bits per heavy atom.